The van der Waals surface area contributed by atoms with E-state index in [1.807, 2.05) is 0 Å². The van der Waals surface area contributed by atoms with Gasteiger partial charge in [-0.2, -0.15) is 0 Å². The first-order chi connectivity index (χ1) is 6.07. The van der Waals surface area contributed by atoms with Crippen LogP contribution in [-0.2, 0) is 0 Å². The molecule has 2 heteroatoms. The van der Waals surface area contributed by atoms with Crippen molar-refractivity contribution in [3.63, 3.8) is 0 Å². The van der Waals surface area contributed by atoms with Crippen molar-refractivity contribution < 1.29 is 0 Å². The highest BCUT2D eigenvalue weighted by Gasteiger charge is 2.07. The molecule has 0 aromatic carbocycles. The molecule has 2 nitrogen and oxygen atoms in total. The first kappa shape index (κ1) is 12.9. The van der Waals surface area contributed by atoms with Crippen molar-refractivity contribution in [2.75, 3.05) is 34.2 Å². The lowest BCUT2D eigenvalue weighted by Crippen LogP contribution is -2.32. The van der Waals surface area contributed by atoms with Gasteiger partial charge in [-0.1, -0.05) is 13.3 Å². The minimum atomic E-state index is 0.717. The highest BCUT2D eigenvalue weighted by atomic mass is 15.1. The zero-order valence-electron chi connectivity index (χ0n) is 10.0. The third-order valence-corrected chi connectivity index (χ3v) is 2.61. The number of unbranched alkanes of at least 4 members (excludes halogenated alkanes) is 1. The molecular formula is C11H26N2. The van der Waals surface area contributed by atoms with Crippen molar-refractivity contribution in [1.29, 1.82) is 0 Å². The van der Waals surface area contributed by atoms with Gasteiger partial charge < -0.3 is 9.80 Å². The third-order valence-electron chi connectivity index (χ3n) is 2.61. The topological polar surface area (TPSA) is 6.48 Å². The maximum absolute atomic E-state index is 2.47. The second-order valence-electron chi connectivity index (χ2n) is 4.28. The predicted octanol–water partition coefficient (Wildman–Crippen LogP) is 2.06. The van der Waals surface area contributed by atoms with Gasteiger partial charge in [0.05, 0.1) is 0 Å². The third kappa shape index (κ3) is 7.03. The molecule has 0 N–H and O–H groups in total. The molecule has 0 radical (unpaired) electrons. The van der Waals surface area contributed by atoms with Crippen LogP contribution in [0, 0.1) is 0 Å². The van der Waals surface area contributed by atoms with Crippen LogP contribution in [0.15, 0.2) is 0 Å². The molecule has 0 rings (SSSR count). The Kier molecular flexibility index (Phi) is 7.29. The summed E-state index contributed by atoms with van der Waals surface area (Å²) in [5, 5.41) is 0. The van der Waals surface area contributed by atoms with Crippen molar-refractivity contribution in [3.8, 4) is 0 Å². The van der Waals surface area contributed by atoms with Crippen LogP contribution in [0.1, 0.15) is 33.1 Å². The molecule has 13 heavy (non-hydrogen) atoms. The Balaban J connectivity index is 3.50. The van der Waals surface area contributed by atoms with Crippen LogP contribution in [-0.4, -0.2) is 50.1 Å². The van der Waals surface area contributed by atoms with Crippen LogP contribution < -0.4 is 0 Å². The largest absolute Gasteiger partial charge is 0.309 e. The smallest absolute Gasteiger partial charge is 0.00760 e. The van der Waals surface area contributed by atoms with E-state index in [0.29, 0.717) is 6.04 Å². The number of rotatable bonds is 7. The Hall–Kier alpha value is -0.0800. The predicted molar refractivity (Wildman–Crippen MR) is 60.2 cm³/mol. The SMILES string of the molecule is CCCCN(C)C(C)CCN(C)C. The summed E-state index contributed by atoms with van der Waals surface area (Å²) in [6.45, 7) is 7.00. The molecule has 1 unspecified atom stereocenters. The maximum atomic E-state index is 2.47. The molecule has 0 saturated carbocycles. The van der Waals surface area contributed by atoms with Gasteiger partial charge >= 0.3 is 0 Å². The molecule has 0 spiro atoms. The van der Waals surface area contributed by atoms with E-state index >= 15 is 0 Å². The van der Waals surface area contributed by atoms with Gasteiger partial charge in [-0.25, -0.2) is 0 Å². The Bertz CT molecular complexity index is 113. The van der Waals surface area contributed by atoms with E-state index in [1.54, 1.807) is 0 Å². The van der Waals surface area contributed by atoms with E-state index in [0.717, 1.165) is 0 Å². The lowest BCUT2D eigenvalue weighted by atomic mass is 10.2. The fourth-order valence-electron chi connectivity index (χ4n) is 1.29. The normalized spacial score (nSPS) is 14.1. The molecule has 80 valence electrons. The molecule has 0 bridgehead atoms. The Morgan fingerprint density at radius 1 is 1.08 bits per heavy atom. The fourth-order valence-corrected chi connectivity index (χ4v) is 1.29. The van der Waals surface area contributed by atoms with Crippen molar-refractivity contribution >= 4 is 0 Å². The van der Waals surface area contributed by atoms with Crippen molar-refractivity contribution in [2.24, 2.45) is 0 Å². The van der Waals surface area contributed by atoms with Gasteiger partial charge in [0, 0.05) is 6.04 Å². The van der Waals surface area contributed by atoms with Crippen LogP contribution in [0.2, 0.25) is 0 Å². The Morgan fingerprint density at radius 2 is 1.69 bits per heavy atom. The molecule has 1 atom stereocenters. The van der Waals surface area contributed by atoms with E-state index in [9.17, 15) is 0 Å². The monoisotopic (exact) mass is 186 g/mol. The second kappa shape index (κ2) is 7.34. The van der Waals surface area contributed by atoms with Gasteiger partial charge in [0.15, 0.2) is 0 Å². The lowest BCUT2D eigenvalue weighted by Gasteiger charge is -2.25. The summed E-state index contributed by atoms with van der Waals surface area (Å²) in [7, 11) is 6.51. The summed E-state index contributed by atoms with van der Waals surface area (Å²) >= 11 is 0. The van der Waals surface area contributed by atoms with E-state index < -0.39 is 0 Å². The molecule has 0 aromatic rings. The summed E-state index contributed by atoms with van der Waals surface area (Å²) in [6, 6.07) is 0.717. The molecule has 0 amide bonds. The fraction of sp³-hybridized carbons (Fsp3) is 1.00. The van der Waals surface area contributed by atoms with E-state index in [-0.39, 0.29) is 0 Å². The van der Waals surface area contributed by atoms with Gasteiger partial charge in [0.25, 0.3) is 0 Å². The molecular weight excluding hydrogens is 160 g/mol. The van der Waals surface area contributed by atoms with Crippen LogP contribution in [0.3, 0.4) is 0 Å². The Morgan fingerprint density at radius 3 is 2.15 bits per heavy atom. The lowest BCUT2D eigenvalue weighted by molar-refractivity contribution is 0.224. The molecule has 0 saturated heterocycles. The van der Waals surface area contributed by atoms with Gasteiger partial charge in [0.2, 0.25) is 0 Å². The summed E-state index contributed by atoms with van der Waals surface area (Å²) in [4.78, 5) is 4.72. The van der Waals surface area contributed by atoms with Crippen LogP contribution >= 0.6 is 0 Å². The van der Waals surface area contributed by atoms with Gasteiger partial charge in [-0.3, -0.25) is 0 Å². The second-order valence-corrected chi connectivity index (χ2v) is 4.28. The van der Waals surface area contributed by atoms with Crippen molar-refractivity contribution in [1.82, 2.24) is 9.80 Å². The van der Waals surface area contributed by atoms with E-state index in [2.05, 4.69) is 44.8 Å². The molecule has 0 aliphatic rings. The molecule has 0 fully saturated rings. The zero-order valence-corrected chi connectivity index (χ0v) is 10.0. The van der Waals surface area contributed by atoms with E-state index in [1.165, 1.54) is 32.4 Å². The zero-order chi connectivity index (χ0) is 10.3. The standard InChI is InChI=1S/C11H26N2/c1-6-7-9-13(5)11(2)8-10-12(3)4/h11H,6-10H2,1-5H3. The minimum Gasteiger partial charge on any atom is -0.309 e. The first-order valence-corrected chi connectivity index (χ1v) is 5.43. The van der Waals surface area contributed by atoms with Crippen LogP contribution in [0.25, 0.3) is 0 Å². The highest BCUT2D eigenvalue weighted by molar-refractivity contribution is 4.64. The summed E-state index contributed by atoms with van der Waals surface area (Å²) < 4.78 is 0. The van der Waals surface area contributed by atoms with Crippen LogP contribution in [0.5, 0.6) is 0 Å². The van der Waals surface area contributed by atoms with Crippen molar-refractivity contribution in [2.45, 2.75) is 39.2 Å². The number of nitrogens with zero attached hydrogens (tertiary/aromatic N) is 2. The summed E-state index contributed by atoms with van der Waals surface area (Å²) in [5.41, 5.74) is 0. The number of hydrogen-bond acceptors (Lipinski definition) is 2. The van der Waals surface area contributed by atoms with Crippen LogP contribution in [0.4, 0.5) is 0 Å². The summed E-state index contributed by atoms with van der Waals surface area (Å²) in [6.07, 6.45) is 3.89. The average molecular weight is 186 g/mol. The minimum absolute atomic E-state index is 0.717. The highest BCUT2D eigenvalue weighted by Crippen LogP contribution is 2.03. The summed E-state index contributed by atoms with van der Waals surface area (Å²) in [5.74, 6) is 0. The quantitative estimate of drug-likeness (QED) is 0.600. The van der Waals surface area contributed by atoms with Gasteiger partial charge in [-0.05, 0) is 54.0 Å². The Labute approximate surface area is 83.9 Å². The molecule has 0 aliphatic heterocycles. The maximum Gasteiger partial charge on any atom is 0.00760 e. The van der Waals surface area contributed by atoms with Gasteiger partial charge in [0.1, 0.15) is 0 Å². The van der Waals surface area contributed by atoms with Gasteiger partial charge in [-0.15, -0.1) is 0 Å². The molecule has 0 aromatic heterocycles. The molecule has 0 aliphatic carbocycles. The molecule has 0 heterocycles. The number of hydrogen-bond donors (Lipinski definition) is 0. The average Bonchev–Trinajstić information content (AvgIpc) is 2.10. The first-order valence-electron chi connectivity index (χ1n) is 5.43. The van der Waals surface area contributed by atoms with Crippen molar-refractivity contribution in [3.05, 3.63) is 0 Å². The van der Waals surface area contributed by atoms with E-state index in [4.69, 9.17) is 0 Å².